The second-order valence-corrected chi connectivity index (χ2v) is 11.6. The van der Waals surface area contributed by atoms with Gasteiger partial charge >= 0.3 is 0 Å². The fourth-order valence-electron chi connectivity index (χ4n) is 6.98. The molecule has 4 fully saturated rings. The summed E-state index contributed by atoms with van der Waals surface area (Å²) >= 11 is 9.98. The predicted molar refractivity (Wildman–Crippen MR) is 133 cm³/mol. The smallest absolute Gasteiger partial charge is 0.175 e. The molecule has 4 bridgehead atoms. The summed E-state index contributed by atoms with van der Waals surface area (Å²) in [5.74, 6) is 4.40. The van der Waals surface area contributed by atoms with E-state index in [0.717, 1.165) is 40.1 Å². The molecule has 0 saturated heterocycles. The third kappa shape index (κ3) is 4.43. The molecular weight excluding hydrogens is 486 g/mol. The monoisotopic (exact) mass is 517 g/mol. The van der Waals surface area contributed by atoms with E-state index in [1.807, 2.05) is 24.3 Å². The van der Waals surface area contributed by atoms with Gasteiger partial charge in [-0.25, -0.2) is 0 Å². The van der Waals surface area contributed by atoms with Gasteiger partial charge in [0.1, 0.15) is 6.61 Å². The zero-order chi connectivity index (χ0) is 22.3. The maximum atomic E-state index is 6.28. The third-order valence-electron chi connectivity index (χ3n) is 8.24. The quantitative estimate of drug-likeness (QED) is 0.395. The van der Waals surface area contributed by atoms with Gasteiger partial charge < -0.3 is 14.8 Å². The van der Waals surface area contributed by atoms with Crippen LogP contribution in [0.25, 0.3) is 0 Å². The number of halogens is 2. The molecule has 2 aromatic rings. The molecule has 0 aromatic heterocycles. The molecule has 0 heterocycles. The molecule has 0 amide bonds. The van der Waals surface area contributed by atoms with Crippen LogP contribution in [0.2, 0.25) is 5.02 Å². The average molecular weight is 519 g/mol. The van der Waals surface area contributed by atoms with Crippen LogP contribution in [0, 0.1) is 23.2 Å². The van der Waals surface area contributed by atoms with Crippen molar-refractivity contribution in [2.75, 3.05) is 7.11 Å². The van der Waals surface area contributed by atoms with E-state index in [1.54, 1.807) is 7.11 Å². The van der Waals surface area contributed by atoms with E-state index in [2.05, 4.69) is 40.3 Å². The van der Waals surface area contributed by atoms with Crippen molar-refractivity contribution in [3.05, 3.63) is 57.0 Å². The standard InChI is InChI=1S/C27H33BrClNO2/c1-17(27-12-18-7-19(13-27)9-20(8-18)14-27)30-15-21-10-23(28)26(25(11-21)31-2)32-16-22-5-3-4-6-24(22)29/h3-6,10-11,17-20,30H,7-9,12-16H2,1-2H3. The van der Waals surface area contributed by atoms with Crippen LogP contribution in [0.15, 0.2) is 40.9 Å². The van der Waals surface area contributed by atoms with E-state index in [0.29, 0.717) is 28.8 Å². The van der Waals surface area contributed by atoms with Crippen molar-refractivity contribution in [2.24, 2.45) is 23.2 Å². The second kappa shape index (κ2) is 9.19. The van der Waals surface area contributed by atoms with Gasteiger partial charge in [0.25, 0.3) is 0 Å². The molecule has 1 unspecified atom stereocenters. The lowest BCUT2D eigenvalue weighted by molar-refractivity contribution is -0.0706. The first kappa shape index (κ1) is 22.6. The van der Waals surface area contributed by atoms with Gasteiger partial charge in [0, 0.05) is 23.2 Å². The van der Waals surface area contributed by atoms with Gasteiger partial charge in [0.15, 0.2) is 11.5 Å². The molecule has 0 aliphatic heterocycles. The summed E-state index contributed by atoms with van der Waals surface area (Å²) in [6.45, 7) is 3.65. The van der Waals surface area contributed by atoms with Crippen LogP contribution >= 0.6 is 27.5 Å². The van der Waals surface area contributed by atoms with Crippen LogP contribution in [0.3, 0.4) is 0 Å². The highest BCUT2D eigenvalue weighted by Gasteiger charge is 2.52. The van der Waals surface area contributed by atoms with Gasteiger partial charge in [-0.3, -0.25) is 0 Å². The van der Waals surface area contributed by atoms with Crippen molar-refractivity contribution in [1.82, 2.24) is 5.32 Å². The van der Waals surface area contributed by atoms with Crippen LogP contribution < -0.4 is 14.8 Å². The third-order valence-corrected chi connectivity index (χ3v) is 9.19. The Bertz CT molecular complexity index is 943. The maximum absolute atomic E-state index is 6.28. The summed E-state index contributed by atoms with van der Waals surface area (Å²) in [5, 5.41) is 4.59. The minimum atomic E-state index is 0.398. The number of hydrogen-bond donors (Lipinski definition) is 1. The van der Waals surface area contributed by atoms with Crippen LogP contribution in [-0.4, -0.2) is 13.2 Å². The highest BCUT2D eigenvalue weighted by atomic mass is 79.9. The molecule has 32 heavy (non-hydrogen) atoms. The summed E-state index contributed by atoms with van der Waals surface area (Å²) in [6.07, 6.45) is 8.75. The first-order chi connectivity index (χ1) is 15.5. The van der Waals surface area contributed by atoms with Crippen molar-refractivity contribution >= 4 is 27.5 Å². The Kier molecular flexibility index (Phi) is 6.48. The lowest BCUT2D eigenvalue weighted by Crippen LogP contribution is -2.54. The number of methoxy groups -OCH3 is 1. The normalized spacial score (nSPS) is 29.2. The van der Waals surface area contributed by atoms with E-state index < -0.39 is 0 Å². The molecule has 6 rings (SSSR count). The minimum absolute atomic E-state index is 0.398. The van der Waals surface area contributed by atoms with Crippen molar-refractivity contribution < 1.29 is 9.47 Å². The van der Waals surface area contributed by atoms with Gasteiger partial charge in [0.05, 0.1) is 11.6 Å². The molecule has 5 heteroatoms. The van der Waals surface area contributed by atoms with E-state index >= 15 is 0 Å². The Morgan fingerprint density at radius 3 is 2.38 bits per heavy atom. The van der Waals surface area contributed by atoms with E-state index in [4.69, 9.17) is 21.1 Å². The van der Waals surface area contributed by atoms with Crippen molar-refractivity contribution in [2.45, 2.75) is 64.6 Å². The van der Waals surface area contributed by atoms with Crippen molar-refractivity contribution in [3.63, 3.8) is 0 Å². The largest absolute Gasteiger partial charge is 0.493 e. The van der Waals surface area contributed by atoms with Gasteiger partial charge in [0.2, 0.25) is 0 Å². The lowest BCUT2D eigenvalue weighted by Gasteiger charge is -2.59. The molecular formula is C27H33BrClNO2. The van der Waals surface area contributed by atoms with Gasteiger partial charge in [-0.1, -0.05) is 29.8 Å². The molecule has 2 aromatic carbocycles. The molecule has 4 saturated carbocycles. The molecule has 3 nitrogen and oxygen atoms in total. The van der Waals surface area contributed by atoms with Crippen LogP contribution in [0.1, 0.15) is 56.6 Å². The molecule has 0 spiro atoms. The molecule has 1 N–H and O–H groups in total. The number of benzene rings is 2. The fraction of sp³-hybridized carbons (Fsp3) is 0.556. The van der Waals surface area contributed by atoms with E-state index in [1.165, 1.54) is 44.1 Å². The first-order valence-electron chi connectivity index (χ1n) is 11.9. The maximum Gasteiger partial charge on any atom is 0.175 e. The summed E-state index contributed by atoms with van der Waals surface area (Å²) in [4.78, 5) is 0. The van der Waals surface area contributed by atoms with Gasteiger partial charge in [-0.15, -0.1) is 0 Å². The topological polar surface area (TPSA) is 30.5 Å². The zero-order valence-electron chi connectivity index (χ0n) is 19.0. The van der Waals surface area contributed by atoms with E-state index in [-0.39, 0.29) is 0 Å². The number of nitrogens with one attached hydrogen (secondary N) is 1. The van der Waals surface area contributed by atoms with Crippen LogP contribution in [0.5, 0.6) is 11.5 Å². The molecule has 0 radical (unpaired) electrons. The Balaban J connectivity index is 1.25. The summed E-state index contributed by atoms with van der Waals surface area (Å²) in [6, 6.07) is 12.5. The molecule has 4 aliphatic rings. The van der Waals surface area contributed by atoms with Crippen molar-refractivity contribution in [3.8, 4) is 11.5 Å². The Morgan fingerprint density at radius 1 is 1.09 bits per heavy atom. The molecule has 4 aliphatic carbocycles. The number of hydrogen-bond acceptors (Lipinski definition) is 3. The highest BCUT2D eigenvalue weighted by Crippen LogP contribution is 2.61. The Labute approximate surface area is 205 Å². The highest BCUT2D eigenvalue weighted by molar-refractivity contribution is 9.10. The van der Waals surface area contributed by atoms with E-state index in [9.17, 15) is 0 Å². The number of ether oxygens (including phenoxy) is 2. The minimum Gasteiger partial charge on any atom is -0.493 e. The first-order valence-corrected chi connectivity index (χ1v) is 13.1. The van der Waals surface area contributed by atoms with Crippen LogP contribution in [0.4, 0.5) is 0 Å². The summed E-state index contributed by atoms with van der Waals surface area (Å²) < 4.78 is 12.7. The Hall–Kier alpha value is -1.23. The summed E-state index contributed by atoms with van der Waals surface area (Å²) in [5.41, 5.74) is 2.67. The van der Waals surface area contributed by atoms with Crippen molar-refractivity contribution in [1.29, 1.82) is 0 Å². The fourth-order valence-corrected chi connectivity index (χ4v) is 7.77. The Morgan fingerprint density at radius 2 is 1.75 bits per heavy atom. The molecule has 1 atom stereocenters. The van der Waals surface area contributed by atoms with Gasteiger partial charge in [-0.05, 0) is 108 Å². The predicted octanol–water partition coefficient (Wildman–Crippen LogP) is 7.38. The second-order valence-electron chi connectivity index (χ2n) is 10.4. The average Bonchev–Trinajstić information content (AvgIpc) is 2.76. The molecule has 172 valence electrons. The summed E-state index contributed by atoms with van der Waals surface area (Å²) in [7, 11) is 1.69. The van der Waals surface area contributed by atoms with Crippen LogP contribution in [-0.2, 0) is 13.2 Å². The zero-order valence-corrected chi connectivity index (χ0v) is 21.3. The number of rotatable bonds is 8. The SMILES string of the molecule is COc1cc(CNC(C)C23CC4CC(CC(C4)C2)C3)cc(Br)c1OCc1ccccc1Cl. The van der Waals surface area contributed by atoms with Gasteiger partial charge in [-0.2, -0.15) is 0 Å². The lowest BCUT2D eigenvalue weighted by atomic mass is 9.48.